The van der Waals surface area contributed by atoms with Crippen molar-refractivity contribution >= 4 is 35.6 Å². The minimum atomic E-state index is -1.56. The van der Waals surface area contributed by atoms with Crippen molar-refractivity contribution in [2.24, 2.45) is 17.4 Å². The van der Waals surface area contributed by atoms with Gasteiger partial charge in [0.1, 0.15) is 23.9 Å². The van der Waals surface area contributed by atoms with E-state index in [2.05, 4.69) is 16.0 Å². The fourth-order valence-electron chi connectivity index (χ4n) is 3.45. The van der Waals surface area contributed by atoms with Gasteiger partial charge < -0.3 is 42.7 Å². The van der Waals surface area contributed by atoms with Crippen LogP contribution in [0.3, 0.4) is 0 Å². The summed E-state index contributed by atoms with van der Waals surface area (Å²) in [6.07, 6.45) is -1.42. The van der Waals surface area contributed by atoms with E-state index in [9.17, 15) is 39.0 Å². The molecule has 14 heteroatoms. The fourth-order valence-corrected chi connectivity index (χ4v) is 3.45. The van der Waals surface area contributed by atoms with Crippen molar-refractivity contribution in [1.29, 1.82) is 0 Å². The standard InChI is InChI=1S/C24H35N5O9/c1-12(2)9-15(25)21(34)28-18(11-19(26)31)23(36)29-17(10-13-3-5-14(30)6-4-13)22(35)27-16(24(37)38)7-8-20(32)33/h3-6,12,15-18,30H,7-11,25H2,1-2H3,(H2,26,31)(H,27,35)(H,28,34)(H,29,36)(H,32,33)(H,37,38). The maximum Gasteiger partial charge on any atom is 0.326 e. The van der Waals surface area contributed by atoms with Gasteiger partial charge >= 0.3 is 11.9 Å². The molecule has 0 heterocycles. The summed E-state index contributed by atoms with van der Waals surface area (Å²) in [4.78, 5) is 72.5. The highest BCUT2D eigenvalue weighted by atomic mass is 16.4. The second-order valence-corrected chi connectivity index (χ2v) is 9.23. The summed E-state index contributed by atoms with van der Waals surface area (Å²) in [6.45, 7) is 3.68. The molecule has 1 aromatic rings. The molecule has 0 aliphatic carbocycles. The molecule has 0 radical (unpaired) electrons. The van der Waals surface area contributed by atoms with E-state index in [0.29, 0.717) is 12.0 Å². The monoisotopic (exact) mass is 537 g/mol. The number of amides is 4. The molecule has 0 aliphatic heterocycles. The minimum Gasteiger partial charge on any atom is -0.508 e. The normalized spacial score (nSPS) is 14.0. The number of nitrogens with two attached hydrogens (primary N) is 2. The van der Waals surface area contributed by atoms with Crippen LogP contribution in [0.4, 0.5) is 0 Å². The number of carboxylic acid groups (broad SMARTS) is 2. The van der Waals surface area contributed by atoms with E-state index in [0.717, 1.165) is 0 Å². The van der Waals surface area contributed by atoms with Gasteiger partial charge in [-0.3, -0.25) is 24.0 Å². The highest BCUT2D eigenvalue weighted by Crippen LogP contribution is 2.12. The Morgan fingerprint density at radius 1 is 0.842 bits per heavy atom. The average molecular weight is 538 g/mol. The summed E-state index contributed by atoms with van der Waals surface area (Å²) >= 11 is 0. The van der Waals surface area contributed by atoms with E-state index in [1.165, 1.54) is 24.3 Å². The third-order valence-electron chi connectivity index (χ3n) is 5.37. The smallest absolute Gasteiger partial charge is 0.326 e. The number of hydrogen-bond donors (Lipinski definition) is 8. The van der Waals surface area contributed by atoms with Crippen LogP contribution in [-0.2, 0) is 35.2 Å². The zero-order chi connectivity index (χ0) is 29.0. The van der Waals surface area contributed by atoms with E-state index in [1.54, 1.807) is 0 Å². The predicted molar refractivity (Wildman–Crippen MR) is 133 cm³/mol. The zero-order valence-electron chi connectivity index (χ0n) is 21.2. The Labute approximate surface area is 219 Å². The lowest BCUT2D eigenvalue weighted by Gasteiger charge is -2.25. The van der Waals surface area contributed by atoms with Gasteiger partial charge in [-0.1, -0.05) is 26.0 Å². The Morgan fingerprint density at radius 2 is 1.37 bits per heavy atom. The zero-order valence-corrected chi connectivity index (χ0v) is 21.2. The first-order valence-corrected chi connectivity index (χ1v) is 11.9. The lowest BCUT2D eigenvalue weighted by molar-refractivity contribution is -0.143. The summed E-state index contributed by atoms with van der Waals surface area (Å²) in [5.41, 5.74) is 11.6. The number of aliphatic carboxylic acids is 2. The molecule has 0 saturated carbocycles. The number of rotatable bonds is 16. The lowest BCUT2D eigenvalue weighted by atomic mass is 10.0. The highest BCUT2D eigenvalue weighted by molar-refractivity contribution is 5.96. The quantitative estimate of drug-likeness (QED) is 0.122. The molecule has 0 spiro atoms. The summed E-state index contributed by atoms with van der Waals surface area (Å²) < 4.78 is 0. The molecule has 4 unspecified atom stereocenters. The van der Waals surface area contributed by atoms with Crippen molar-refractivity contribution in [2.45, 2.75) is 70.1 Å². The molecule has 1 rings (SSSR count). The third kappa shape index (κ3) is 11.7. The van der Waals surface area contributed by atoms with Crippen LogP contribution in [0.2, 0.25) is 0 Å². The van der Waals surface area contributed by atoms with Gasteiger partial charge in [-0.25, -0.2) is 4.79 Å². The first-order valence-electron chi connectivity index (χ1n) is 11.9. The van der Waals surface area contributed by atoms with Crippen LogP contribution in [0.15, 0.2) is 24.3 Å². The van der Waals surface area contributed by atoms with Crippen molar-refractivity contribution in [3.8, 4) is 5.75 Å². The Hall–Kier alpha value is -4.20. The van der Waals surface area contributed by atoms with Gasteiger partial charge in [0, 0.05) is 12.8 Å². The maximum absolute atomic E-state index is 13.1. The van der Waals surface area contributed by atoms with Crippen molar-refractivity contribution in [3.05, 3.63) is 29.8 Å². The third-order valence-corrected chi connectivity index (χ3v) is 5.37. The number of nitrogens with one attached hydrogen (secondary N) is 3. The second-order valence-electron chi connectivity index (χ2n) is 9.23. The Bertz CT molecular complexity index is 1010. The SMILES string of the molecule is CC(C)CC(N)C(=O)NC(CC(N)=O)C(=O)NC(Cc1ccc(O)cc1)C(=O)NC(CCC(=O)O)C(=O)O. The first kappa shape index (κ1) is 31.8. The Kier molecular flexibility index (Phi) is 12.7. The Morgan fingerprint density at radius 3 is 1.87 bits per heavy atom. The van der Waals surface area contributed by atoms with Gasteiger partial charge in [0.15, 0.2) is 0 Å². The largest absolute Gasteiger partial charge is 0.508 e. The summed E-state index contributed by atoms with van der Waals surface area (Å²) in [7, 11) is 0. The van der Waals surface area contributed by atoms with Crippen LogP contribution in [-0.4, -0.2) is 75.1 Å². The highest BCUT2D eigenvalue weighted by Gasteiger charge is 2.31. The lowest BCUT2D eigenvalue weighted by Crippen LogP contribution is -2.58. The van der Waals surface area contributed by atoms with Crippen molar-refractivity contribution < 1.29 is 44.1 Å². The van der Waals surface area contributed by atoms with Crippen LogP contribution >= 0.6 is 0 Å². The number of phenolic OH excluding ortho intramolecular Hbond substituents is 1. The minimum absolute atomic E-state index is 0.0552. The van der Waals surface area contributed by atoms with E-state index in [1.807, 2.05) is 13.8 Å². The number of carbonyl (C=O) groups excluding carboxylic acids is 4. The van der Waals surface area contributed by atoms with Crippen LogP contribution < -0.4 is 27.4 Å². The van der Waals surface area contributed by atoms with Crippen molar-refractivity contribution in [2.75, 3.05) is 0 Å². The number of primary amides is 1. The molecule has 10 N–H and O–H groups in total. The number of aromatic hydroxyl groups is 1. The van der Waals surface area contributed by atoms with E-state index >= 15 is 0 Å². The molecule has 4 atom stereocenters. The van der Waals surface area contributed by atoms with Crippen molar-refractivity contribution in [1.82, 2.24) is 16.0 Å². The number of carboxylic acids is 2. The van der Waals surface area contributed by atoms with Crippen molar-refractivity contribution in [3.63, 3.8) is 0 Å². The molecule has 14 nitrogen and oxygen atoms in total. The fraction of sp³-hybridized carbons (Fsp3) is 0.500. The van der Waals surface area contributed by atoms with Gasteiger partial charge in [0.05, 0.1) is 12.5 Å². The molecular formula is C24H35N5O9. The van der Waals surface area contributed by atoms with E-state index in [4.69, 9.17) is 16.6 Å². The molecule has 0 fully saturated rings. The predicted octanol–water partition coefficient (Wildman–Crippen LogP) is -1.41. The van der Waals surface area contributed by atoms with Gasteiger partial charge in [-0.2, -0.15) is 0 Å². The second kappa shape index (κ2) is 15.1. The van der Waals surface area contributed by atoms with E-state index < -0.39 is 79.0 Å². The van der Waals surface area contributed by atoms with Crippen LogP contribution in [0.1, 0.15) is 45.1 Å². The molecule has 0 aromatic heterocycles. The van der Waals surface area contributed by atoms with Gasteiger partial charge in [-0.15, -0.1) is 0 Å². The van der Waals surface area contributed by atoms with Gasteiger partial charge in [0.2, 0.25) is 23.6 Å². The molecule has 4 amide bonds. The number of hydrogen-bond acceptors (Lipinski definition) is 8. The molecular weight excluding hydrogens is 502 g/mol. The number of benzene rings is 1. The molecule has 0 saturated heterocycles. The van der Waals surface area contributed by atoms with Gasteiger partial charge in [0.25, 0.3) is 0 Å². The summed E-state index contributed by atoms with van der Waals surface area (Å²) in [5, 5.41) is 34.7. The van der Waals surface area contributed by atoms with Gasteiger partial charge in [-0.05, 0) is 36.5 Å². The molecule has 0 bridgehead atoms. The maximum atomic E-state index is 13.1. The molecule has 1 aromatic carbocycles. The average Bonchev–Trinajstić information content (AvgIpc) is 2.80. The molecule has 0 aliphatic rings. The molecule has 210 valence electrons. The number of phenols is 1. The van der Waals surface area contributed by atoms with Crippen LogP contribution in [0, 0.1) is 5.92 Å². The first-order chi connectivity index (χ1) is 17.7. The molecule has 38 heavy (non-hydrogen) atoms. The van der Waals surface area contributed by atoms with Crippen LogP contribution in [0.25, 0.3) is 0 Å². The number of carbonyl (C=O) groups is 6. The Balaban J connectivity index is 3.17. The van der Waals surface area contributed by atoms with E-state index in [-0.39, 0.29) is 18.1 Å². The summed E-state index contributed by atoms with van der Waals surface area (Å²) in [5.74, 6) is -6.26. The van der Waals surface area contributed by atoms with Crippen LogP contribution in [0.5, 0.6) is 5.75 Å². The summed E-state index contributed by atoms with van der Waals surface area (Å²) in [6, 6.07) is 0.193. The topological polar surface area (TPSA) is 251 Å².